The monoisotopic (exact) mass is 584 g/mol. The second-order valence-electron chi connectivity index (χ2n) is 12.7. The highest BCUT2D eigenvalue weighted by molar-refractivity contribution is 6.23. The lowest BCUT2D eigenvalue weighted by Crippen LogP contribution is -2.32. The Labute approximate surface area is 253 Å². The molecule has 0 aromatic heterocycles. The SMILES string of the molecule is O=C1[C@@H]2[C@@H](C(=O)N1c1cccc(Oc3ccc(Oc4cccc(N5C(=O)[C@@H]6[C@H](C5=O)[C@H]5C=C[C@H]6C5)c4)cc3)c1)[C@H]1C=C[C@H]2C1. The first kappa shape index (κ1) is 25.5. The second-order valence-corrected chi connectivity index (χ2v) is 12.7. The minimum Gasteiger partial charge on any atom is -0.457 e. The van der Waals surface area contributed by atoms with E-state index in [2.05, 4.69) is 24.3 Å². The molecule has 4 bridgehead atoms. The highest BCUT2D eigenvalue weighted by Gasteiger charge is 2.60. The van der Waals surface area contributed by atoms with Gasteiger partial charge in [-0.15, -0.1) is 0 Å². The zero-order valence-electron chi connectivity index (χ0n) is 23.6. The van der Waals surface area contributed by atoms with E-state index in [9.17, 15) is 19.2 Å². The Morgan fingerprint density at radius 2 is 0.795 bits per heavy atom. The Morgan fingerprint density at radius 3 is 1.14 bits per heavy atom. The molecule has 0 spiro atoms. The number of nitrogens with zero attached hydrogens (tertiary/aromatic N) is 2. The third-order valence-electron chi connectivity index (χ3n) is 10.4. The molecule has 4 fully saturated rings. The smallest absolute Gasteiger partial charge is 0.238 e. The van der Waals surface area contributed by atoms with Crippen LogP contribution in [0.5, 0.6) is 23.0 Å². The standard InChI is InChI=1S/C36H28N2O6/c39-33-29-19-7-8-20(15-19)30(29)34(40)37(33)23-3-1-5-27(17-23)43-25-11-13-26(14-12-25)44-28-6-2-4-24(18-28)38-35(41)31-21-9-10-22(16-21)32(31)36(38)42/h1-14,17-22,29-32H,15-16H2/t19-,20-,21-,22-,29-,30-,31-,32+/m0/s1. The quantitative estimate of drug-likeness (QED) is 0.265. The van der Waals surface area contributed by atoms with Crippen molar-refractivity contribution in [2.24, 2.45) is 47.3 Å². The lowest BCUT2D eigenvalue weighted by Gasteiger charge is -2.18. The summed E-state index contributed by atoms with van der Waals surface area (Å²) in [6, 6.07) is 21.2. The summed E-state index contributed by atoms with van der Waals surface area (Å²) in [5.41, 5.74) is 1.04. The molecule has 0 N–H and O–H groups in total. The summed E-state index contributed by atoms with van der Waals surface area (Å²) in [6.45, 7) is 0. The van der Waals surface area contributed by atoms with Crippen molar-refractivity contribution >= 4 is 35.0 Å². The predicted molar refractivity (Wildman–Crippen MR) is 160 cm³/mol. The fourth-order valence-corrected chi connectivity index (χ4v) is 8.53. The zero-order valence-corrected chi connectivity index (χ0v) is 23.6. The Hall–Kier alpha value is -4.98. The third kappa shape index (κ3) is 3.63. The molecule has 0 radical (unpaired) electrons. The van der Waals surface area contributed by atoms with Crippen LogP contribution < -0.4 is 19.3 Å². The van der Waals surface area contributed by atoms with Crippen molar-refractivity contribution < 1.29 is 28.7 Å². The van der Waals surface area contributed by atoms with Crippen molar-refractivity contribution in [3.63, 3.8) is 0 Å². The third-order valence-corrected chi connectivity index (χ3v) is 10.4. The van der Waals surface area contributed by atoms with E-state index < -0.39 is 0 Å². The number of carbonyl (C=O) groups is 4. The number of hydrogen-bond acceptors (Lipinski definition) is 6. The molecular weight excluding hydrogens is 556 g/mol. The van der Waals surface area contributed by atoms with Gasteiger partial charge in [-0.05, 0) is 85.0 Å². The van der Waals surface area contributed by atoms with Gasteiger partial charge in [0.1, 0.15) is 23.0 Å². The zero-order chi connectivity index (χ0) is 29.7. The van der Waals surface area contributed by atoms with Crippen LogP contribution in [-0.4, -0.2) is 23.6 Å². The number of allylic oxidation sites excluding steroid dienone is 4. The van der Waals surface area contributed by atoms with Crippen LogP contribution in [-0.2, 0) is 19.2 Å². The maximum atomic E-state index is 13.2. The normalized spacial score (nSPS) is 32.3. The fraction of sp³-hybridized carbons (Fsp3) is 0.278. The van der Waals surface area contributed by atoms with Crippen LogP contribution in [0.2, 0.25) is 0 Å². The van der Waals surface area contributed by atoms with Crippen molar-refractivity contribution in [1.82, 2.24) is 0 Å². The largest absolute Gasteiger partial charge is 0.457 e. The van der Waals surface area contributed by atoms with Gasteiger partial charge in [-0.2, -0.15) is 0 Å². The number of fused-ring (bicyclic) bond motifs is 10. The minimum absolute atomic E-state index is 0.120. The number of rotatable bonds is 6. The van der Waals surface area contributed by atoms with Crippen LogP contribution in [0.25, 0.3) is 0 Å². The summed E-state index contributed by atoms with van der Waals surface area (Å²) in [5, 5.41) is 0. The Balaban J connectivity index is 0.885. The summed E-state index contributed by atoms with van der Waals surface area (Å²) < 4.78 is 12.1. The van der Waals surface area contributed by atoms with Gasteiger partial charge in [0.25, 0.3) is 0 Å². The number of ether oxygens (including phenoxy) is 2. The van der Waals surface area contributed by atoms with Crippen LogP contribution in [0, 0.1) is 47.3 Å². The second kappa shape index (κ2) is 9.26. The minimum atomic E-state index is -0.251. The van der Waals surface area contributed by atoms with Gasteiger partial charge in [-0.25, -0.2) is 9.80 Å². The molecule has 2 aliphatic heterocycles. The lowest BCUT2D eigenvalue weighted by atomic mass is 9.85. The summed E-state index contributed by atoms with van der Waals surface area (Å²) in [7, 11) is 0. The summed E-state index contributed by atoms with van der Waals surface area (Å²) in [5.74, 6) is 1.29. The molecule has 4 aliphatic carbocycles. The number of anilines is 2. The molecule has 8 nitrogen and oxygen atoms in total. The van der Waals surface area contributed by atoms with Crippen molar-refractivity contribution in [3.05, 3.63) is 97.1 Å². The summed E-state index contributed by atoms with van der Waals surface area (Å²) in [6.07, 6.45) is 10.1. The molecule has 2 saturated heterocycles. The first-order valence-electron chi connectivity index (χ1n) is 15.2. The molecule has 9 rings (SSSR count). The van der Waals surface area contributed by atoms with E-state index >= 15 is 0 Å². The number of imide groups is 2. The fourth-order valence-electron chi connectivity index (χ4n) is 8.53. The first-order valence-corrected chi connectivity index (χ1v) is 15.2. The Kier molecular flexibility index (Phi) is 5.37. The molecule has 2 saturated carbocycles. The number of hydrogen-bond donors (Lipinski definition) is 0. The molecule has 8 heteroatoms. The van der Waals surface area contributed by atoms with Gasteiger partial charge >= 0.3 is 0 Å². The maximum Gasteiger partial charge on any atom is 0.238 e. The van der Waals surface area contributed by atoms with Gasteiger partial charge in [0.05, 0.1) is 35.0 Å². The molecule has 3 aromatic carbocycles. The Morgan fingerprint density at radius 1 is 0.455 bits per heavy atom. The van der Waals surface area contributed by atoms with Crippen LogP contribution in [0.3, 0.4) is 0 Å². The summed E-state index contributed by atoms with van der Waals surface area (Å²) >= 11 is 0. The molecule has 44 heavy (non-hydrogen) atoms. The van der Waals surface area contributed by atoms with E-state index in [4.69, 9.17) is 9.47 Å². The van der Waals surface area contributed by atoms with Crippen molar-refractivity contribution in [3.8, 4) is 23.0 Å². The average Bonchev–Trinajstić information content (AvgIpc) is 3.87. The molecule has 0 unspecified atom stereocenters. The number of benzene rings is 3. The molecular formula is C36H28N2O6. The van der Waals surface area contributed by atoms with E-state index in [1.165, 1.54) is 9.80 Å². The molecule has 4 amide bonds. The predicted octanol–water partition coefficient (Wildman–Crippen LogP) is 5.89. The molecule has 2 heterocycles. The van der Waals surface area contributed by atoms with E-state index in [0.29, 0.717) is 34.4 Å². The van der Waals surface area contributed by atoms with Crippen LogP contribution in [0.15, 0.2) is 97.1 Å². The molecule has 8 atom stereocenters. The maximum absolute atomic E-state index is 13.2. The van der Waals surface area contributed by atoms with Gasteiger partial charge in [0.2, 0.25) is 23.6 Å². The van der Waals surface area contributed by atoms with E-state index in [0.717, 1.165) is 12.8 Å². The van der Waals surface area contributed by atoms with E-state index in [1.807, 2.05) is 0 Å². The molecule has 3 aromatic rings. The van der Waals surface area contributed by atoms with Crippen LogP contribution >= 0.6 is 0 Å². The highest BCUT2D eigenvalue weighted by Crippen LogP contribution is 2.54. The average molecular weight is 585 g/mol. The number of carbonyl (C=O) groups excluding carboxylic acids is 4. The van der Waals surface area contributed by atoms with Crippen LogP contribution in [0.1, 0.15) is 12.8 Å². The van der Waals surface area contributed by atoms with Crippen molar-refractivity contribution in [2.45, 2.75) is 12.8 Å². The number of amides is 4. The molecule has 6 aliphatic rings. The van der Waals surface area contributed by atoms with Gasteiger partial charge < -0.3 is 9.47 Å². The summed E-state index contributed by atoms with van der Waals surface area (Å²) in [4.78, 5) is 55.6. The van der Waals surface area contributed by atoms with E-state index in [-0.39, 0.29) is 71.0 Å². The van der Waals surface area contributed by atoms with Gasteiger partial charge in [0, 0.05) is 12.1 Å². The molecule has 218 valence electrons. The van der Waals surface area contributed by atoms with Gasteiger partial charge in [-0.1, -0.05) is 36.4 Å². The first-order chi connectivity index (χ1) is 21.4. The highest BCUT2D eigenvalue weighted by atomic mass is 16.5. The van der Waals surface area contributed by atoms with Gasteiger partial charge in [-0.3, -0.25) is 19.2 Å². The van der Waals surface area contributed by atoms with E-state index in [1.54, 1.807) is 72.8 Å². The van der Waals surface area contributed by atoms with Gasteiger partial charge in [0.15, 0.2) is 0 Å². The van der Waals surface area contributed by atoms with Crippen molar-refractivity contribution in [2.75, 3.05) is 9.80 Å². The van der Waals surface area contributed by atoms with Crippen molar-refractivity contribution in [1.29, 1.82) is 0 Å². The lowest BCUT2D eigenvalue weighted by molar-refractivity contribution is -0.124. The Bertz CT molecular complexity index is 1640. The topological polar surface area (TPSA) is 93.2 Å². The van der Waals surface area contributed by atoms with Crippen LogP contribution in [0.4, 0.5) is 11.4 Å².